The fourth-order valence-electron chi connectivity index (χ4n) is 2.21. The smallest absolute Gasteiger partial charge is 0.0556 e. The molecule has 4 heteroatoms. The van der Waals surface area contributed by atoms with Crippen molar-refractivity contribution in [2.45, 2.75) is 39.3 Å². The highest BCUT2D eigenvalue weighted by Gasteiger charge is 2.15. The van der Waals surface area contributed by atoms with Crippen LogP contribution in [0, 0.1) is 0 Å². The van der Waals surface area contributed by atoms with Crippen molar-refractivity contribution in [2.75, 3.05) is 6.54 Å². The predicted molar refractivity (Wildman–Crippen MR) is 77.0 cm³/mol. The fourth-order valence-corrected chi connectivity index (χ4v) is 2.89. The SMILES string of the molecule is CCCn1nccc1C(Cc1ccsc1)NCC. The van der Waals surface area contributed by atoms with E-state index < -0.39 is 0 Å². The maximum absolute atomic E-state index is 4.42. The van der Waals surface area contributed by atoms with E-state index in [9.17, 15) is 0 Å². The minimum atomic E-state index is 0.360. The van der Waals surface area contributed by atoms with E-state index in [-0.39, 0.29) is 0 Å². The maximum Gasteiger partial charge on any atom is 0.0556 e. The van der Waals surface area contributed by atoms with E-state index in [1.165, 1.54) is 11.3 Å². The topological polar surface area (TPSA) is 29.9 Å². The van der Waals surface area contributed by atoms with Gasteiger partial charge in [0.2, 0.25) is 0 Å². The quantitative estimate of drug-likeness (QED) is 0.831. The van der Waals surface area contributed by atoms with Gasteiger partial charge in [0.05, 0.1) is 11.7 Å². The van der Waals surface area contributed by atoms with Crippen LogP contribution >= 0.6 is 11.3 Å². The number of nitrogens with one attached hydrogen (secondary N) is 1. The molecule has 0 aliphatic rings. The van der Waals surface area contributed by atoms with Crippen LogP contribution in [0.15, 0.2) is 29.1 Å². The van der Waals surface area contributed by atoms with E-state index >= 15 is 0 Å². The zero-order chi connectivity index (χ0) is 12.8. The predicted octanol–water partition coefficient (Wildman–Crippen LogP) is 3.25. The van der Waals surface area contributed by atoms with Gasteiger partial charge in [-0.2, -0.15) is 16.4 Å². The van der Waals surface area contributed by atoms with Crippen LogP contribution in [0.25, 0.3) is 0 Å². The third kappa shape index (κ3) is 3.21. The average molecular weight is 263 g/mol. The second kappa shape index (κ2) is 6.71. The molecule has 1 N–H and O–H groups in total. The summed E-state index contributed by atoms with van der Waals surface area (Å²) in [4.78, 5) is 0. The molecule has 0 saturated carbocycles. The third-order valence-corrected chi connectivity index (χ3v) is 3.74. The van der Waals surface area contributed by atoms with Crippen LogP contribution in [0.2, 0.25) is 0 Å². The highest BCUT2D eigenvalue weighted by atomic mass is 32.1. The molecule has 0 aromatic carbocycles. The van der Waals surface area contributed by atoms with Crippen molar-refractivity contribution in [3.05, 3.63) is 40.3 Å². The summed E-state index contributed by atoms with van der Waals surface area (Å²) in [6.45, 7) is 6.31. The lowest BCUT2D eigenvalue weighted by Gasteiger charge is -2.19. The number of likely N-dealkylation sites (N-methyl/N-ethyl adjacent to an activating group) is 1. The highest BCUT2D eigenvalue weighted by molar-refractivity contribution is 7.07. The van der Waals surface area contributed by atoms with Crippen LogP contribution in [-0.4, -0.2) is 16.3 Å². The molecule has 0 spiro atoms. The van der Waals surface area contributed by atoms with Crippen molar-refractivity contribution < 1.29 is 0 Å². The number of thiophene rings is 1. The van der Waals surface area contributed by atoms with Gasteiger partial charge in [-0.25, -0.2) is 0 Å². The maximum atomic E-state index is 4.42. The Labute approximate surface area is 113 Å². The molecule has 2 heterocycles. The molecule has 2 aromatic rings. The number of hydrogen-bond donors (Lipinski definition) is 1. The largest absolute Gasteiger partial charge is 0.309 e. The van der Waals surface area contributed by atoms with Crippen LogP contribution in [0.3, 0.4) is 0 Å². The van der Waals surface area contributed by atoms with Crippen molar-refractivity contribution in [1.29, 1.82) is 0 Å². The monoisotopic (exact) mass is 263 g/mol. The normalized spacial score (nSPS) is 12.8. The summed E-state index contributed by atoms with van der Waals surface area (Å²) in [7, 11) is 0. The number of nitrogens with zero attached hydrogens (tertiary/aromatic N) is 2. The summed E-state index contributed by atoms with van der Waals surface area (Å²) in [5.41, 5.74) is 2.69. The summed E-state index contributed by atoms with van der Waals surface area (Å²) < 4.78 is 2.12. The molecular weight excluding hydrogens is 242 g/mol. The van der Waals surface area contributed by atoms with Crippen molar-refractivity contribution in [2.24, 2.45) is 0 Å². The van der Waals surface area contributed by atoms with E-state index in [0.29, 0.717) is 6.04 Å². The second-order valence-electron chi connectivity index (χ2n) is 4.43. The van der Waals surface area contributed by atoms with Crippen molar-refractivity contribution in [3.63, 3.8) is 0 Å². The van der Waals surface area contributed by atoms with Crippen LogP contribution < -0.4 is 5.32 Å². The fraction of sp³-hybridized carbons (Fsp3) is 0.500. The Morgan fingerprint density at radius 3 is 2.94 bits per heavy atom. The first-order valence-corrected chi connectivity index (χ1v) is 7.55. The first-order valence-electron chi connectivity index (χ1n) is 6.61. The van der Waals surface area contributed by atoms with Gasteiger partial charge in [0.1, 0.15) is 0 Å². The van der Waals surface area contributed by atoms with Gasteiger partial charge in [-0.15, -0.1) is 0 Å². The van der Waals surface area contributed by atoms with Gasteiger partial charge >= 0.3 is 0 Å². The molecule has 0 amide bonds. The Hall–Kier alpha value is -1.13. The average Bonchev–Trinajstić information content (AvgIpc) is 3.00. The van der Waals surface area contributed by atoms with E-state index in [1.54, 1.807) is 11.3 Å². The number of aromatic nitrogens is 2. The lowest BCUT2D eigenvalue weighted by atomic mass is 10.1. The van der Waals surface area contributed by atoms with E-state index in [2.05, 4.69) is 51.8 Å². The molecule has 0 radical (unpaired) electrons. The van der Waals surface area contributed by atoms with E-state index in [1.807, 2.05) is 6.20 Å². The number of aryl methyl sites for hydroxylation is 1. The van der Waals surface area contributed by atoms with Gasteiger partial charge in [-0.1, -0.05) is 13.8 Å². The van der Waals surface area contributed by atoms with Gasteiger partial charge in [0.25, 0.3) is 0 Å². The zero-order valence-corrected chi connectivity index (χ0v) is 11.9. The molecule has 98 valence electrons. The molecular formula is C14H21N3S. The Morgan fingerprint density at radius 2 is 2.28 bits per heavy atom. The first-order chi connectivity index (χ1) is 8.85. The van der Waals surface area contributed by atoms with Crippen LogP contribution in [0.5, 0.6) is 0 Å². The van der Waals surface area contributed by atoms with Crippen LogP contribution in [0.4, 0.5) is 0 Å². The third-order valence-electron chi connectivity index (χ3n) is 3.01. The molecule has 0 fully saturated rings. The lowest BCUT2D eigenvalue weighted by Crippen LogP contribution is -2.25. The van der Waals surface area contributed by atoms with Gasteiger partial charge in [-0.05, 0) is 47.8 Å². The molecule has 0 aliphatic heterocycles. The summed E-state index contributed by atoms with van der Waals surface area (Å²) >= 11 is 1.76. The Bertz CT molecular complexity index is 447. The summed E-state index contributed by atoms with van der Waals surface area (Å²) in [5.74, 6) is 0. The van der Waals surface area contributed by atoms with E-state index in [0.717, 1.165) is 25.9 Å². The van der Waals surface area contributed by atoms with Gasteiger partial charge in [-0.3, -0.25) is 4.68 Å². The second-order valence-corrected chi connectivity index (χ2v) is 5.21. The number of rotatable bonds is 7. The van der Waals surface area contributed by atoms with Crippen molar-refractivity contribution in [3.8, 4) is 0 Å². The molecule has 0 aliphatic carbocycles. The zero-order valence-electron chi connectivity index (χ0n) is 11.1. The molecule has 1 unspecified atom stereocenters. The molecule has 3 nitrogen and oxygen atoms in total. The molecule has 2 rings (SSSR count). The number of hydrogen-bond acceptors (Lipinski definition) is 3. The van der Waals surface area contributed by atoms with E-state index in [4.69, 9.17) is 0 Å². The minimum Gasteiger partial charge on any atom is -0.309 e. The highest BCUT2D eigenvalue weighted by Crippen LogP contribution is 2.20. The Kier molecular flexibility index (Phi) is 4.96. The molecule has 0 bridgehead atoms. The first kappa shape index (κ1) is 13.3. The minimum absolute atomic E-state index is 0.360. The summed E-state index contributed by atoms with van der Waals surface area (Å²) in [6.07, 6.45) is 4.06. The van der Waals surface area contributed by atoms with Crippen molar-refractivity contribution >= 4 is 11.3 Å². The molecule has 0 saturated heterocycles. The molecule has 1 atom stereocenters. The molecule has 2 aromatic heterocycles. The van der Waals surface area contributed by atoms with Gasteiger partial charge in [0, 0.05) is 12.7 Å². The summed E-state index contributed by atoms with van der Waals surface area (Å²) in [6, 6.07) is 4.70. The Balaban J connectivity index is 2.15. The lowest BCUT2D eigenvalue weighted by molar-refractivity contribution is 0.478. The Morgan fingerprint density at radius 1 is 1.39 bits per heavy atom. The van der Waals surface area contributed by atoms with Gasteiger partial charge < -0.3 is 5.32 Å². The van der Waals surface area contributed by atoms with Crippen molar-refractivity contribution in [1.82, 2.24) is 15.1 Å². The molecule has 18 heavy (non-hydrogen) atoms. The summed E-state index contributed by atoms with van der Waals surface area (Å²) in [5, 5.41) is 12.4. The standard InChI is InChI=1S/C14H21N3S/c1-3-8-17-14(5-7-16-17)13(15-4-2)10-12-6-9-18-11-12/h5-7,9,11,13,15H,3-4,8,10H2,1-2H3. The van der Waals surface area contributed by atoms with Crippen LogP contribution in [-0.2, 0) is 13.0 Å². The van der Waals surface area contributed by atoms with Gasteiger partial charge in [0.15, 0.2) is 0 Å². The van der Waals surface area contributed by atoms with Crippen LogP contribution in [0.1, 0.15) is 37.6 Å².